The lowest BCUT2D eigenvalue weighted by Crippen LogP contribution is -2.05. The standard InChI is InChI=1S/C16H13FN2O/c17-12-6-8-15(18-10-12)16(20)9-13-7-5-11-3-1-2-4-14(11)19-13/h1-8,10,16,20H,9H2. The zero-order valence-electron chi connectivity index (χ0n) is 10.7. The highest BCUT2D eigenvalue weighted by atomic mass is 19.1. The molecule has 0 spiro atoms. The van der Waals surface area contributed by atoms with Gasteiger partial charge in [-0.25, -0.2) is 4.39 Å². The maximum atomic E-state index is 12.8. The average molecular weight is 268 g/mol. The molecule has 1 atom stereocenters. The second-order valence-corrected chi connectivity index (χ2v) is 4.62. The maximum absolute atomic E-state index is 12.8. The first-order valence-corrected chi connectivity index (χ1v) is 6.36. The lowest BCUT2D eigenvalue weighted by atomic mass is 10.1. The van der Waals surface area contributed by atoms with E-state index in [1.807, 2.05) is 36.4 Å². The molecule has 4 heteroatoms. The van der Waals surface area contributed by atoms with E-state index in [9.17, 15) is 9.50 Å². The SMILES string of the molecule is OC(Cc1ccc2ccccc2n1)c1ccc(F)cn1. The molecule has 3 nitrogen and oxygen atoms in total. The number of benzene rings is 1. The van der Waals surface area contributed by atoms with Gasteiger partial charge in [-0.05, 0) is 24.3 Å². The molecule has 0 amide bonds. The second-order valence-electron chi connectivity index (χ2n) is 4.62. The fraction of sp³-hybridized carbons (Fsp3) is 0.125. The van der Waals surface area contributed by atoms with Crippen molar-refractivity contribution < 1.29 is 9.50 Å². The van der Waals surface area contributed by atoms with Gasteiger partial charge in [-0.2, -0.15) is 0 Å². The van der Waals surface area contributed by atoms with Gasteiger partial charge in [0.1, 0.15) is 11.9 Å². The van der Waals surface area contributed by atoms with Gasteiger partial charge in [-0.15, -0.1) is 0 Å². The third-order valence-electron chi connectivity index (χ3n) is 3.15. The summed E-state index contributed by atoms with van der Waals surface area (Å²) in [5.41, 5.74) is 2.12. The Kier molecular flexibility index (Phi) is 3.39. The molecular formula is C16H13FN2O. The van der Waals surface area contributed by atoms with Crippen LogP contribution >= 0.6 is 0 Å². The van der Waals surface area contributed by atoms with Crippen molar-refractivity contribution in [3.8, 4) is 0 Å². The Balaban J connectivity index is 1.83. The molecule has 1 N–H and O–H groups in total. The number of rotatable bonds is 3. The summed E-state index contributed by atoms with van der Waals surface area (Å²) in [6.07, 6.45) is 0.666. The predicted molar refractivity (Wildman–Crippen MR) is 74.6 cm³/mol. The van der Waals surface area contributed by atoms with Gasteiger partial charge in [0.2, 0.25) is 0 Å². The van der Waals surface area contributed by atoms with Crippen molar-refractivity contribution in [2.45, 2.75) is 12.5 Å². The Labute approximate surface area is 115 Å². The van der Waals surface area contributed by atoms with Gasteiger partial charge in [0.25, 0.3) is 0 Å². The number of pyridine rings is 2. The molecule has 3 aromatic rings. The largest absolute Gasteiger partial charge is 0.386 e. The number of nitrogens with zero attached hydrogens (tertiary/aromatic N) is 2. The van der Waals surface area contributed by atoms with Crippen LogP contribution in [-0.2, 0) is 6.42 Å². The zero-order valence-corrected chi connectivity index (χ0v) is 10.7. The topological polar surface area (TPSA) is 46.0 Å². The van der Waals surface area contributed by atoms with Crippen LogP contribution in [0.4, 0.5) is 4.39 Å². The van der Waals surface area contributed by atoms with E-state index in [2.05, 4.69) is 9.97 Å². The van der Waals surface area contributed by atoms with Crippen LogP contribution in [0.3, 0.4) is 0 Å². The minimum atomic E-state index is -0.788. The van der Waals surface area contributed by atoms with E-state index in [0.717, 1.165) is 22.8 Å². The smallest absolute Gasteiger partial charge is 0.141 e. The van der Waals surface area contributed by atoms with Crippen molar-refractivity contribution in [2.75, 3.05) is 0 Å². The number of aromatic nitrogens is 2. The molecule has 2 aromatic heterocycles. The number of para-hydroxylation sites is 1. The van der Waals surface area contributed by atoms with Crippen molar-refractivity contribution in [3.63, 3.8) is 0 Å². The maximum Gasteiger partial charge on any atom is 0.141 e. The molecule has 1 unspecified atom stereocenters. The molecule has 20 heavy (non-hydrogen) atoms. The van der Waals surface area contributed by atoms with Crippen molar-refractivity contribution in [3.05, 3.63) is 71.9 Å². The number of fused-ring (bicyclic) bond motifs is 1. The summed E-state index contributed by atoms with van der Waals surface area (Å²) in [4.78, 5) is 8.38. The van der Waals surface area contributed by atoms with E-state index < -0.39 is 11.9 Å². The number of halogens is 1. The minimum absolute atomic E-state index is 0.351. The first-order chi connectivity index (χ1) is 9.72. The summed E-state index contributed by atoms with van der Waals surface area (Å²) in [7, 11) is 0. The van der Waals surface area contributed by atoms with Crippen molar-refractivity contribution >= 4 is 10.9 Å². The van der Waals surface area contributed by atoms with Gasteiger partial charge in [-0.3, -0.25) is 9.97 Å². The molecule has 3 rings (SSSR count). The normalized spacial score (nSPS) is 12.5. The van der Waals surface area contributed by atoms with Gasteiger partial charge in [0.05, 0.1) is 17.4 Å². The van der Waals surface area contributed by atoms with Gasteiger partial charge >= 0.3 is 0 Å². The Hall–Kier alpha value is -2.33. The first-order valence-electron chi connectivity index (χ1n) is 6.36. The van der Waals surface area contributed by atoms with E-state index in [-0.39, 0.29) is 0 Å². The summed E-state index contributed by atoms with van der Waals surface area (Å²) < 4.78 is 12.8. The number of hydrogen-bond acceptors (Lipinski definition) is 3. The molecule has 2 heterocycles. The van der Waals surface area contributed by atoms with Crippen LogP contribution in [0, 0.1) is 5.82 Å². The quantitative estimate of drug-likeness (QED) is 0.794. The van der Waals surface area contributed by atoms with Crippen LogP contribution in [-0.4, -0.2) is 15.1 Å². The van der Waals surface area contributed by atoms with Crippen molar-refractivity contribution in [1.29, 1.82) is 0 Å². The molecule has 100 valence electrons. The van der Waals surface area contributed by atoms with Crippen LogP contribution < -0.4 is 0 Å². The van der Waals surface area contributed by atoms with Crippen molar-refractivity contribution in [2.24, 2.45) is 0 Å². The van der Waals surface area contributed by atoms with Crippen LogP contribution in [0.5, 0.6) is 0 Å². The third kappa shape index (κ3) is 2.65. The summed E-state index contributed by atoms with van der Waals surface area (Å²) >= 11 is 0. The second kappa shape index (κ2) is 5.35. The number of hydrogen-bond donors (Lipinski definition) is 1. The molecular weight excluding hydrogens is 255 g/mol. The molecule has 0 aliphatic rings. The van der Waals surface area contributed by atoms with Gasteiger partial charge in [0, 0.05) is 17.5 Å². The summed E-state index contributed by atoms with van der Waals surface area (Å²) in [5, 5.41) is 11.2. The minimum Gasteiger partial charge on any atom is -0.386 e. The highest BCUT2D eigenvalue weighted by Crippen LogP contribution is 2.18. The highest BCUT2D eigenvalue weighted by Gasteiger charge is 2.11. The van der Waals surface area contributed by atoms with Crippen LogP contribution in [0.15, 0.2) is 54.7 Å². The monoisotopic (exact) mass is 268 g/mol. The van der Waals surface area contributed by atoms with E-state index in [1.165, 1.54) is 12.1 Å². The zero-order chi connectivity index (χ0) is 13.9. The molecule has 0 fully saturated rings. The molecule has 0 radical (unpaired) electrons. The highest BCUT2D eigenvalue weighted by molar-refractivity contribution is 5.78. The lowest BCUT2D eigenvalue weighted by Gasteiger charge is -2.10. The summed E-state index contributed by atoms with van der Waals surface area (Å²) in [6.45, 7) is 0. The Morgan fingerprint density at radius 3 is 2.70 bits per heavy atom. The van der Waals surface area contributed by atoms with E-state index in [4.69, 9.17) is 0 Å². The third-order valence-corrected chi connectivity index (χ3v) is 3.15. The van der Waals surface area contributed by atoms with Gasteiger partial charge in [0.15, 0.2) is 0 Å². The summed E-state index contributed by atoms with van der Waals surface area (Å²) in [6, 6.07) is 14.4. The first kappa shape index (κ1) is 12.7. The number of aliphatic hydroxyl groups is 1. The Bertz CT molecular complexity index is 728. The average Bonchev–Trinajstić information content (AvgIpc) is 2.48. The molecule has 0 aliphatic heterocycles. The van der Waals surface area contributed by atoms with Gasteiger partial charge < -0.3 is 5.11 Å². The molecule has 0 aliphatic carbocycles. The Morgan fingerprint density at radius 2 is 1.90 bits per heavy atom. The van der Waals surface area contributed by atoms with E-state index >= 15 is 0 Å². The molecule has 0 saturated carbocycles. The predicted octanol–water partition coefficient (Wildman–Crippen LogP) is 3.05. The lowest BCUT2D eigenvalue weighted by molar-refractivity contribution is 0.172. The fourth-order valence-corrected chi connectivity index (χ4v) is 2.11. The van der Waals surface area contributed by atoms with Crippen LogP contribution in [0.1, 0.15) is 17.5 Å². The van der Waals surface area contributed by atoms with Crippen LogP contribution in [0.25, 0.3) is 10.9 Å². The molecule has 1 aromatic carbocycles. The van der Waals surface area contributed by atoms with Crippen molar-refractivity contribution in [1.82, 2.24) is 9.97 Å². The van der Waals surface area contributed by atoms with E-state index in [1.54, 1.807) is 0 Å². The number of aliphatic hydroxyl groups excluding tert-OH is 1. The van der Waals surface area contributed by atoms with Gasteiger partial charge in [-0.1, -0.05) is 24.3 Å². The summed E-state index contributed by atoms with van der Waals surface area (Å²) in [5.74, 6) is -0.412. The van der Waals surface area contributed by atoms with Crippen LogP contribution in [0.2, 0.25) is 0 Å². The van der Waals surface area contributed by atoms with E-state index in [0.29, 0.717) is 12.1 Å². The molecule has 0 saturated heterocycles. The fourth-order valence-electron chi connectivity index (χ4n) is 2.11. The molecule has 0 bridgehead atoms. The Morgan fingerprint density at radius 1 is 1.05 bits per heavy atom.